The quantitative estimate of drug-likeness (QED) is 0.890. The predicted octanol–water partition coefficient (Wildman–Crippen LogP) is 1.82. The summed E-state index contributed by atoms with van der Waals surface area (Å²) < 4.78 is 5.23. The standard InChI is InChI=1S/C14H24N4O2/c1-4-5-13(19)16-12-6-8-18(9-7-12)10(2)14-15-11(3)17-20-14/h10,12H,4-9H2,1-3H3,(H,16,19). The van der Waals surface area contributed by atoms with E-state index in [0.29, 0.717) is 24.2 Å². The number of hydrogen-bond donors (Lipinski definition) is 1. The molecule has 0 radical (unpaired) electrons. The van der Waals surface area contributed by atoms with Gasteiger partial charge in [-0.25, -0.2) is 0 Å². The lowest BCUT2D eigenvalue weighted by molar-refractivity contribution is -0.122. The molecule has 2 heterocycles. The lowest BCUT2D eigenvalue weighted by Gasteiger charge is -2.34. The molecule has 2 rings (SSSR count). The van der Waals surface area contributed by atoms with Crippen molar-refractivity contribution in [2.75, 3.05) is 13.1 Å². The fraction of sp³-hybridized carbons (Fsp3) is 0.786. The number of carbonyl (C=O) groups excluding carboxylic acids is 1. The molecule has 1 aliphatic heterocycles. The first-order chi connectivity index (χ1) is 9.60. The van der Waals surface area contributed by atoms with Crippen molar-refractivity contribution in [1.82, 2.24) is 20.4 Å². The Bertz CT molecular complexity index is 438. The number of rotatable bonds is 5. The fourth-order valence-electron chi connectivity index (χ4n) is 2.60. The number of aryl methyl sites for hydroxylation is 1. The number of nitrogens with zero attached hydrogens (tertiary/aromatic N) is 3. The minimum Gasteiger partial charge on any atom is -0.353 e. The van der Waals surface area contributed by atoms with Crippen LogP contribution in [0.4, 0.5) is 0 Å². The minimum absolute atomic E-state index is 0.142. The van der Waals surface area contributed by atoms with E-state index in [9.17, 15) is 4.79 Å². The number of piperidine rings is 1. The highest BCUT2D eigenvalue weighted by molar-refractivity contribution is 5.76. The van der Waals surface area contributed by atoms with E-state index < -0.39 is 0 Å². The van der Waals surface area contributed by atoms with Crippen LogP contribution in [0.1, 0.15) is 57.3 Å². The first-order valence-corrected chi connectivity index (χ1v) is 7.43. The first kappa shape index (κ1) is 15.0. The number of aromatic nitrogens is 2. The van der Waals surface area contributed by atoms with Crippen molar-refractivity contribution in [1.29, 1.82) is 0 Å². The lowest BCUT2D eigenvalue weighted by atomic mass is 10.0. The second kappa shape index (κ2) is 6.83. The van der Waals surface area contributed by atoms with Crippen molar-refractivity contribution in [3.05, 3.63) is 11.7 Å². The first-order valence-electron chi connectivity index (χ1n) is 7.43. The second-order valence-electron chi connectivity index (χ2n) is 5.48. The Labute approximate surface area is 119 Å². The summed E-state index contributed by atoms with van der Waals surface area (Å²) in [5.74, 6) is 1.52. The normalized spacial score (nSPS) is 18.9. The highest BCUT2D eigenvalue weighted by Gasteiger charge is 2.26. The molecule has 6 heteroatoms. The SMILES string of the molecule is CCCC(=O)NC1CCN(C(C)c2nc(C)no2)CC1. The molecule has 1 saturated heterocycles. The summed E-state index contributed by atoms with van der Waals surface area (Å²) in [6, 6.07) is 0.449. The average Bonchev–Trinajstić information content (AvgIpc) is 2.86. The van der Waals surface area contributed by atoms with Crippen molar-refractivity contribution in [2.24, 2.45) is 0 Å². The van der Waals surface area contributed by atoms with Crippen LogP contribution < -0.4 is 5.32 Å². The third-order valence-corrected chi connectivity index (χ3v) is 3.82. The van der Waals surface area contributed by atoms with Gasteiger partial charge in [-0.15, -0.1) is 0 Å². The Morgan fingerprint density at radius 1 is 1.50 bits per heavy atom. The van der Waals surface area contributed by atoms with E-state index in [1.165, 1.54) is 0 Å². The van der Waals surface area contributed by atoms with E-state index in [4.69, 9.17) is 4.52 Å². The summed E-state index contributed by atoms with van der Waals surface area (Å²) in [7, 11) is 0. The molecular formula is C14H24N4O2. The van der Waals surface area contributed by atoms with E-state index in [-0.39, 0.29) is 11.9 Å². The zero-order valence-electron chi connectivity index (χ0n) is 12.6. The van der Waals surface area contributed by atoms with E-state index >= 15 is 0 Å². The molecule has 1 N–H and O–H groups in total. The van der Waals surface area contributed by atoms with Gasteiger partial charge in [0.15, 0.2) is 5.82 Å². The summed E-state index contributed by atoms with van der Waals surface area (Å²) in [5.41, 5.74) is 0. The third-order valence-electron chi connectivity index (χ3n) is 3.82. The largest absolute Gasteiger partial charge is 0.353 e. The summed E-state index contributed by atoms with van der Waals surface area (Å²) >= 11 is 0. The van der Waals surface area contributed by atoms with Crippen LogP contribution in [0.3, 0.4) is 0 Å². The van der Waals surface area contributed by atoms with Gasteiger partial charge in [0.2, 0.25) is 11.8 Å². The van der Waals surface area contributed by atoms with Gasteiger partial charge in [-0.1, -0.05) is 12.1 Å². The molecule has 0 spiro atoms. The van der Waals surface area contributed by atoms with Crippen LogP contribution in [-0.2, 0) is 4.79 Å². The lowest BCUT2D eigenvalue weighted by Crippen LogP contribution is -2.45. The van der Waals surface area contributed by atoms with Crippen molar-refractivity contribution in [3.63, 3.8) is 0 Å². The van der Waals surface area contributed by atoms with Gasteiger partial charge in [0.1, 0.15) is 0 Å². The van der Waals surface area contributed by atoms with Gasteiger partial charge in [-0.2, -0.15) is 4.98 Å². The van der Waals surface area contributed by atoms with Gasteiger partial charge >= 0.3 is 0 Å². The smallest absolute Gasteiger partial charge is 0.243 e. The van der Waals surface area contributed by atoms with Crippen LogP contribution in [0.5, 0.6) is 0 Å². The molecule has 1 atom stereocenters. The maximum atomic E-state index is 11.6. The van der Waals surface area contributed by atoms with E-state index in [1.54, 1.807) is 0 Å². The van der Waals surface area contributed by atoms with Crippen LogP contribution in [0, 0.1) is 6.92 Å². The van der Waals surface area contributed by atoms with Crippen molar-refractivity contribution < 1.29 is 9.32 Å². The molecule has 0 aliphatic carbocycles. The van der Waals surface area contributed by atoms with Crippen molar-refractivity contribution >= 4 is 5.91 Å². The van der Waals surface area contributed by atoms with Gasteiger partial charge in [0.05, 0.1) is 6.04 Å². The summed E-state index contributed by atoms with van der Waals surface area (Å²) in [5, 5.41) is 6.94. The molecule has 0 bridgehead atoms. The molecule has 6 nitrogen and oxygen atoms in total. The number of likely N-dealkylation sites (tertiary alicyclic amines) is 1. The average molecular weight is 280 g/mol. The highest BCUT2D eigenvalue weighted by atomic mass is 16.5. The monoisotopic (exact) mass is 280 g/mol. The summed E-state index contributed by atoms with van der Waals surface area (Å²) in [4.78, 5) is 18.2. The van der Waals surface area contributed by atoms with Crippen LogP contribution in [-0.4, -0.2) is 40.1 Å². The topological polar surface area (TPSA) is 71.3 Å². The molecule has 112 valence electrons. The van der Waals surface area contributed by atoms with Crippen molar-refractivity contribution in [2.45, 2.75) is 58.5 Å². The molecule has 0 saturated carbocycles. The molecular weight excluding hydrogens is 256 g/mol. The molecule has 0 aromatic carbocycles. The Morgan fingerprint density at radius 3 is 2.75 bits per heavy atom. The van der Waals surface area contributed by atoms with Crippen molar-refractivity contribution in [3.8, 4) is 0 Å². The maximum absolute atomic E-state index is 11.6. The van der Waals surface area contributed by atoms with E-state index in [1.807, 2.05) is 13.8 Å². The third kappa shape index (κ3) is 3.79. The molecule has 1 amide bonds. The summed E-state index contributed by atoms with van der Waals surface area (Å²) in [6.45, 7) is 7.83. The molecule has 20 heavy (non-hydrogen) atoms. The molecule has 1 aromatic rings. The molecule has 1 aliphatic rings. The Kier molecular flexibility index (Phi) is 5.11. The van der Waals surface area contributed by atoms with Crippen LogP contribution in [0.2, 0.25) is 0 Å². The molecule has 1 aromatic heterocycles. The Balaban J connectivity index is 1.80. The Hall–Kier alpha value is -1.43. The minimum atomic E-state index is 0.142. The van der Waals surface area contributed by atoms with Gasteiger partial charge < -0.3 is 9.84 Å². The zero-order chi connectivity index (χ0) is 14.5. The number of hydrogen-bond acceptors (Lipinski definition) is 5. The maximum Gasteiger partial charge on any atom is 0.243 e. The van der Waals surface area contributed by atoms with Crippen LogP contribution >= 0.6 is 0 Å². The Morgan fingerprint density at radius 2 is 2.20 bits per heavy atom. The second-order valence-corrected chi connectivity index (χ2v) is 5.48. The zero-order valence-corrected chi connectivity index (χ0v) is 12.6. The van der Waals surface area contributed by atoms with E-state index in [0.717, 1.165) is 32.4 Å². The highest BCUT2D eigenvalue weighted by Crippen LogP contribution is 2.23. The number of amides is 1. The number of carbonyl (C=O) groups is 1. The van der Waals surface area contributed by atoms with Gasteiger partial charge in [-0.05, 0) is 33.1 Å². The van der Waals surface area contributed by atoms with Gasteiger partial charge in [0.25, 0.3) is 0 Å². The van der Waals surface area contributed by atoms with Crippen LogP contribution in [0.25, 0.3) is 0 Å². The molecule has 1 unspecified atom stereocenters. The molecule has 1 fully saturated rings. The van der Waals surface area contributed by atoms with Gasteiger partial charge in [-0.3, -0.25) is 9.69 Å². The van der Waals surface area contributed by atoms with E-state index in [2.05, 4.69) is 27.3 Å². The van der Waals surface area contributed by atoms with Gasteiger partial charge in [0, 0.05) is 25.6 Å². The van der Waals surface area contributed by atoms with Crippen LogP contribution in [0.15, 0.2) is 4.52 Å². The predicted molar refractivity (Wildman–Crippen MR) is 75.1 cm³/mol. The fourth-order valence-corrected chi connectivity index (χ4v) is 2.60. The summed E-state index contributed by atoms with van der Waals surface area (Å²) in [6.07, 6.45) is 3.48. The number of nitrogens with one attached hydrogen (secondary N) is 1.